The van der Waals surface area contributed by atoms with Crippen LogP contribution in [0.4, 0.5) is 0 Å². The molecule has 6 heteroatoms. The first-order valence-electron chi connectivity index (χ1n) is 6.01. The first kappa shape index (κ1) is 13.4. The van der Waals surface area contributed by atoms with Gasteiger partial charge in [0.25, 0.3) is 0 Å². The standard InChI is InChI=1S/C12H18N2O3S/c1-12(2)3-4-14(5-6-18-12)8-9-7-10(11(15)16)13-17-9/h7H,3-6,8H2,1-2H3,(H,15,16). The summed E-state index contributed by atoms with van der Waals surface area (Å²) in [6, 6.07) is 1.51. The van der Waals surface area contributed by atoms with Gasteiger partial charge in [0.15, 0.2) is 11.5 Å². The molecule has 100 valence electrons. The topological polar surface area (TPSA) is 66.6 Å². The Morgan fingerprint density at radius 2 is 2.39 bits per heavy atom. The highest BCUT2D eigenvalue weighted by Gasteiger charge is 2.24. The Morgan fingerprint density at radius 1 is 1.61 bits per heavy atom. The third kappa shape index (κ3) is 3.49. The highest BCUT2D eigenvalue weighted by Crippen LogP contribution is 2.31. The third-order valence-electron chi connectivity index (χ3n) is 3.09. The van der Waals surface area contributed by atoms with Crippen molar-refractivity contribution in [3.05, 3.63) is 17.5 Å². The Morgan fingerprint density at radius 3 is 3.06 bits per heavy atom. The molecule has 0 aromatic carbocycles. The molecule has 2 heterocycles. The Labute approximate surface area is 111 Å². The van der Waals surface area contributed by atoms with E-state index < -0.39 is 5.97 Å². The molecule has 0 aliphatic carbocycles. The predicted molar refractivity (Wildman–Crippen MR) is 69.9 cm³/mol. The van der Waals surface area contributed by atoms with Crippen LogP contribution in [-0.4, -0.2) is 44.7 Å². The van der Waals surface area contributed by atoms with Gasteiger partial charge in [-0.2, -0.15) is 11.8 Å². The second kappa shape index (κ2) is 5.32. The molecule has 0 radical (unpaired) electrons. The van der Waals surface area contributed by atoms with E-state index in [-0.39, 0.29) is 5.69 Å². The van der Waals surface area contributed by atoms with Gasteiger partial charge in [0.2, 0.25) is 0 Å². The van der Waals surface area contributed by atoms with Crippen molar-refractivity contribution in [1.82, 2.24) is 10.1 Å². The van der Waals surface area contributed by atoms with Crippen molar-refractivity contribution < 1.29 is 14.4 Å². The molecule has 1 fully saturated rings. The number of carbonyl (C=O) groups is 1. The molecule has 0 atom stereocenters. The zero-order valence-corrected chi connectivity index (χ0v) is 11.5. The molecule has 1 aliphatic heterocycles. The van der Waals surface area contributed by atoms with Crippen LogP contribution in [0.1, 0.15) is 36.5 Å². The van der Waals surface area contributed by atoms with Crippen LogP contribution in [0, 0.1) is 0 Å². The summed E-state index contributed by atoms with van der Waals surface area (Å²) in [6.07, 6.45) is 1.12. The molecule has 0 saturated carbocycles. The highest BCUT2D eigenvalue weighted by atomic mass is 32.2. The Kier molecular flexibility index (Phi) is 3.97. The maximum absolute atomic E-state index is 10.7. The zero-order chi connectivity index (χ0) is 13.2. The second-order valence-electron chi connectivity index (χ2n) is 5.12. The van der Waals surface area contributed by atoms with Gasteiger partial charge in [-0.05, 0) is 13.0 Å². The fourth-order valence-electron chi connectivity index (χ4n) is 1.93. The van der Waals surface area contributed by atoms with Crippen molar-refractivity contribution in [2.75, 3.05) is 18.8 Å². The Balaban J connectivity index is 1.94. The fourth-order valence-corrected chi connectivity index (χ4v) is 3.07. The van der Waals surface area contributed by atoms with Crippen LogP contribution in [0.25, 0.3) is 0 Å². The summed E-state index contributed by atoms with van der Waals surface area (Å²) in [4.78, 5) is 13.0. The number of nitrogens with zero attached hydrogens (tertiary/aromatic N) is 2. The Bertz CT molecular complexity index is 431. The van der Waals surface area contributed by atoms with E-state index in [0.717, 1.165) is 25.3 Å². The molecule has 0 unspecified atom stereocenters. The van der Waals surface area contributed by atoms with E-state index >= 15 is 0 Å². The summed E-state index contributed by atoms with van der Waals surface area (Å²) in [5.41, 5.74) is -0.0190. The quantitative estimate of drug-likeness (QED) is 0.907. The smallest absolute Gasteiger partial charge is 0.358 e. The molecule has 1 aromatic rings. The molecular formula is C12H18N2O3S. The van der Waals surface area contributed by atoms with E-state index in [1.54, 1.807) is 0 Å². The van der Waals surface area contributed by atoms with Gasteiger partial charge in [-0.25, -0.2) is 4.79 Å². The molecule has 1 N–H and O–H groups in total. The maximum Gasteiger partial charge on any atom is 0.358 e. The average molecular weight is 270 g/mol. The van der Waals surface area contributed by atoms with E-state index in [1.165, 1.54) is 6.07 Å². The van der Waals surface area contributed by atoms with Crippen LogP contribution >= 0.6 is 11.8 Å². The first-order valence-corrected chi connectivity index (χ1v) is 7.00. The van der Waals surface area contributed by atoms with Crippen LogP contribution in [-0.2, 0) is 6.54 Å². The van der Waals surface area contributed by atoms with Gasteiger partial charge in [-0.15, -0.1) is 0 Å². The summed E-state index contributed by atoms with van der Waals surface area (Å²) in [5.74, 6) is 0.669. The van der Waals surface area contributed by atoms with Gasteiger partial charge in [0.05, 0.1) is 6.54 Å². The summed E-state index contributed by atoms with van der Waals surface area (Å²) >= 11 is 1.98. The van der Waals surface area contributed by atoms with Gasteiger partial charge >= 0.3 is 5.97 Å². The largest absolute Gasteiger partial charge is 0.476 e. The summed E-state index contributed by atoms with van der Waals surface area (Å²) in [5, 5.41) is 12.3. The van der Waals surface area contributed by atoms with Crippen LogP contribution in [0.5, 0.6) is 0 Å². The van der Waals surface area contributed by atoms with Crippen molar-refractivity contribution in [1.29, 1.82) is 0 Å². The zero-order valence-electron chi connectivity index (χ0n) is 10.7. The molecule has 1 aliphatic rings. The monoisotopic (exact) mass is 270 g/mol. The number of aromatic nitrogens is 1. The Hall–Kier alpha value is -1.01. The number of hydrogen-bond donors (Lipinski definition) is 1. The summed E-state index contributed by atoms with van der Waals surface area (Å²) in [7, 11) is 0. The minimum absolute atomic E-state index is 0.0190. The molecule has 18 heavy (non-hydrogen) atoms. The van der Waals surface area contributed by atoms with E-state index in [2.05, 4.69) is 23.9 Å². The lowest BCUT2D eigenvalue weighted by Gasteiger charge is -2.21. The number of aromatic carboxylic acids is 1. The predicted octanol–water partition coefficient (Wildman–Crippen LogP) is 2.09. The molecule has 1 saturated heterocycles. The van der Waals surface area contributed by atoms with E-state index in [9.17, 15) is 4.79 Å². The van der Waals surface area contributed by atoms with Crippen molar-refractivity contribution in [2.24, 2.45) is 0 Å². The molecule has 5 nitrogen and oxygen atoms in total. The number of thioether (sulfide) groups is 1. The van der Waals surface area contributed by atoms with Crippen molar-refractivity contribution in [2.45, 2.75) is 31.6 Å². The first-order chi connectivity index (χ1) is 8.46. The van der Waals surface area contributed by atoms with Crippen molar-refractivity contribution in [3.8, 4) is 0 Å². The van der Waals surface area contributed by atoms with Gasteiger partial charge in [-0.1, -0.05) is 19.0 Å². The van der Waals surface area contributed by atoms with Gasteiger partial charge in [0, 0.05) is 23.1 Å². The number of rotatable bonds is 3. The lowest BCUT2D eigenvalue weighted by atomic mass is 10.1. The summed E-state index contributed by atoms with van der Waals surface area (Å²) < 4.78 is 5.36. The van der Waals surface area contributed by atoms with Gasteiger partial charge < -0.3 is 9.63 Å². The molecule has 0 spiro atoms. The maximum atomic E-state index is 10.7. The molecule has 0 bridgehead atoms. The van der Waals surface area contributed by atoms with Crippen LogP contribution in [0.2, 0.25) is 0 Å². The second-order valence-corrected chi connectivity index (χ2v) is 6.92. The average Bonchev–Trinajstić information content (AvgIpc) is 2.67. The number of hydrogen-bond acceptors (Lipinski definition) is 5. The lowest BCUT2D eigenvalue weighted by molar-refractivity contribution is 0.0685. The van der Waals surface area contributed by atoms with E-state index in [1.807, 2.05) is 11.8 Å². The van der Waals surface area contributed by atoms with Gasteiger partial charge in [0.1, 0.15) is 0 Å². The van der Waals surface area contributed by atoms with Crippen molar-refractivity contribution in [3.63, 3.8) is 0 Å². The SMILES string of the molecule is CC1(C)CCN(Cc2cc(C(=O)O)no2)CCS1. The minimum atomic E-state index is -1.04. The number of carboxylic acid groups (broad SMARTS) is 1. The van der Waals surface area contributed by atoms with E-state index in [0.29, 0.717) is 17.1 Å². The molecular weight excluding hydrogens is 252 g/mol. The van der Waals surface area contributed by atoms with Crippen LogP contribution in [0.3, 0.4) is 0 Å². The normalized spacial score (nSPS) is 20.6. The van der Waals surface area contributed by atoms with Crippen LogP contribution in [0.15, 0.2) is 10.6 Å². The van der Waals surface area contributed by atoms with Crippen molar-refractivity contribution >= 4 is 17.7 Å². The van der Waals surface area contributed by atoms with Gasteiger partial charge in [-0.3, -0.25) is 4.90 Å². The third-order valence-corrected chi connectivity index (χ3v) is 4.46. The fraction of sp³-hybridized carbons (Fsp3) is 0.667. The molecule has 2 rings (SSSR count). The molecule has 1 aromatic heterocycles. The van der Waals surface area contributed by atoms with Crippen LogP contribution < -0.4 is 0 Å². The summed E-state index contributed by atoms with van der Waals surface area (Å²) in [6.45, 7) is 7.16. The lowest BCUT2D eigenvalue weighted by Crippen LogP contribution is -2.26. The number of carboxylic acids is 1. The minimum Gasteiger partial charge on any atom is -0.476 e. The highest BCUT2D eigenvalue weighted by molar-refractivity contribution is 8.00. The van der Waals surface area contributed by atoms with E-state index in [4.69, 9.17) is 9.63 Å². The molecule has 0 amide bonds.